The molecule has 3 N–H and O–H groups in total. The molecule has 0 unspecified atom stereocenters. The van der Waals surface area contributed by atoms with Crippen molar-refractivity contribution in [2.24, 2.45) is 0 Å². The Morgan fingerprint density at radius 3 is 2.78 bits per heavy atom. The summed E-state index contributed by atoms with van der Waals surface area (Å²) in [6, 6.07) is 6.02. The van der Waals surface area contributed by atoms with Crippen molar-refractivity contribution in [2.75, 3.05) is 0 Å². The highest BCUT2D eigenvalue weighted by atomic mass is 16.2. The molecule has 2 fully saturated rings. The van der Waals surface area contributed by atoms with Crippen LogP contribution in [-0.2, 0) is 16.0 Å². The summed E-state index contributed by atoms with van der Waals surface area (Å²) in [4.78, 5) is 41.9. The number of fused-ring (bicyclic) bond motifs is 1. The average molecular weight is 368 g/mol. The third-order valence-electron chi connectivity index (χ3n) is 5.62. The summed E-state index contributed by atoms with van der Waals surface area (Å²) in [5.41, 5.74) is 1.96. The number of carbonyl (C=O) groups excluding carboxylic acids is 3. The summed E-state index contributed by atoms with van der Waals surface area (Å²) < 4.78 is 0. The van der Waals surface area contributed by atoms with Crippen molar-refractivity contribution in [3.63, 3.8) is 0 Å². The fourth-order valence-corrected chi connectivity index (χ4v) is 4.08. The molecule has 2 heterocycles. The Morgan fingerprint density at radius 2 is 2.00 bits per heavy atom. The van der Waals surface area contributed by atoms with Crippen LogP contribution in [0.2, 0.25) is 0 Å². The summed E-state index contributed by atoms with van der Waals surface area (Å²) in [6.45, 7) is 1.61. The fourth-order valence-electron chi connectivity index (χ4n) is 4.08. The van der Waals surface area contributed by atoms with Crippen molar-refractivity contribution < 1.29 is 14.4 Å². The van der Waals surface area contributed by atoms with Crippen LogP contribution in [0.25, 0.3) is 10.9 Å². The molecule has 1 aromatic heterocycles. The van der Waals surface area contributed by atoms with Gasteiger partial charge in [-0.3, -0.25) is 14.5 Å². The van der Waals surface area contributed by atoms with Crippen LogP contribution in [0.5, 0.6) is 0 Å². The molecule has 2 aliphatic rings. The molecule has 142 valence electrons. The van der Waals surface area contributed by atoms with Gasteiger partial charge in [-0.2, -0.15) is 0 Å². The molecule has 0 radical (unpaired) electrons. The number of rotatable bonds is 5. The molecule has 1 saturated carbocycles. The lowest BCUT2D eigenvalue weighted by atomic mass is 10.0. The van der Waals surface area contributed by atoms with E-state index < -0.39 is 18.1 Å². The maximum Gasteiger partial charge on any atom is 0.325 e. The van der Waals surface area contributed by atoms with E-state index in [-0.39, 0.29) is 17.9 Å². The molecule has 1 aliphatic heterocycles. The van der Waals surface area contributed by atoms with Crippen molar-refractivity contribution in [2.45, 2.75) is 57.2 Å². The van der Waals surface area contributed by atoms with E-state index in [9.17, 15) is 14.4 Å². The van der Waals surface area contributed by atoms with Crippen molar-refractivity contribution in [3.8, 4) is 0 Å². The van der Waals surface area contributed by atoms with E-state index in [1.807, 2.05) is 30.5 Å². The van der Waals surface area contributed by atoms with Gasteiger partial charge < -0.3 is 15.6 Å². The topological polar surface area (TPSA) is 94.3 Å². The molecule has 7 heteroatoms. The SMILES string of the molecule is C[C@H](C(=O)NC1CCCC1)N1C(=O)N[C@@H](Cc2c[nH]c3ccccc23)C1=O. The van der Waals surface area contributed by atoms with E-state index >= 15 is 0 Å². The molecular weight excluding hydrogens is 344 g/mol. The molecule has 0 spiro atoms. The van der Waals surface area contributed by atoms with Gasteiger partial charge in [-0.25, -0.2) is 4.79 Å². The van der Waals surface area contributed by atoms with Gasteiger partial charge in [-0.1, -0.05) is 31.0 Å². The third-order valence-corrected chi connectivity index (χ3v) is 5.62. The number of para-hydroxylation sites is 1. The van der Waals surface area contributed by atoms with Crippen LogP contribution in [0, 0.1) is 0 Å². The van der Waals surface area contributed by atoms with Crippen LogP contribution in [0.3, 0.4) is 0 Å². The first kappa shape index (κ1) is 17.6. The van der Waals surface area contributed by atoms with Crippen LogP contribution in [0.1, 0.15) is 38.2 Å². The first-order chi connectivity index (χ1) is 13.0. The molecule has 1 saturated heterocycles. The molecule has 4 amide bonds. The van der Waals surface area contributed by atoms with Crippen LogP contribution in [0.4, 0.5) is 4.79 Å². The molecular formula is C20H24N4O3. The van der Waals surface area contributed by atoms with Gasteiger partial charge in [-0.05, 0) is 31.4 Å². The van der Waals surface area contributed by atoms with Crippen LogP contribution < -0.4 is 10.6 Å². The van der Waals surface area contributed by atoms with Crippen molar-refractivity contribution >= 4 is 28.7 Å². The maximum atomic E-state index is 12.8. The monoisotopic (exact) mass is 368 g/mol. The van der Waals surface area contributed by atoms with Gasteiger partial charge in [0.2, 0.25) is 5.91 Å². The van der Waals surface area contributed by atoms with Crippen molar-refractivity contribution in [1.82, 2.24) is 20.5 Å². The van der Waals surface area contributed by atoms with Gasteiger partial charge in [0.05, 0.1) is 0 Å². The minimum Gasteiger partial charge on any atom is -0.361 e. The Kier molecular flexibility index (Phi) is 4.59. The first-order valence-electron chi connectivity index (χ1n) is 9.53. The highest BCUT2D eigenvalue weighted by molar-refractivity contribution is 6.07. The molecule has 0 bridgehead atoms. The number of hydrogen-bond donors (Lipinski definition) is 3. The van der Waals surface area contributed by atoms with Gasteiger partial charge in [0.25, 0.3) is 5.91 Å². The molecule has 7 nitrogen and oxygen atoms in total. The van der Waals surface area contributed by atoms with E-state index in [1.54, 1.807) is 6.92 Å². The molecule has 27 heavy (non-hydrogen) atoms. The lowest BCUT2D eigenvalue weighted by molar-refractivity contribution is -0.135. The van der Waals surface area contributed by atoms with Gasteiger partial charge in [0.1, 0.15) is 12.1 Å². The molecule has 2 atom stereocenters. The third kappa shape index (κ3) is 3.29. The zero-order chi connectivity index (χ0) is 19.0. The van der Waals surface area contributed by atoms with Crippen LogP contribution in [-0.4, -0.2) is 45.9 Å². The van der Waals surface area contributed by atoms with E-state index in [2.05, 4.69) is 15.6 Å². The minimum absolute atomic E-state index is 0.155. The van der Waals surface area contributed by atoms with Crippen LogP contribution >= 0.6 is 0 Å². The zero-order valence-corrected chi connectivity index (χ0v) is 15.3. The number of carbonyl (C=O) groups is 3. The Morgan fingerprint density at radius 1 is 1.26 bits per heavy atom. The number of nitrogens with zero attached hydrogens (tertiary/aromatic N) is 1. The Hall–Kier alpha value is -2.83. The summed E-state index contributed by atoms with van der Waals surface area (Å²) in [6.07, 6.45) is 6.39. The van der Waals surface area contributed by atoms with Gasteiger partial charge in [0, 0.05) is 29.6 Å². The second-order valence-corrected chi connectivity index (χ2v) is 7.44. The number of urea groups is 1. The number of nitrogens with one attached hydrogen (secondary N) is 3. The fraction of sp³-hybridized carbons (Fsp3) is 0.450. The quantitative estimate of drug-likeness (QED) is 0.705. The standard InChI is InChI=1S/C20H24N4O3/c1-12(18(25)22-14-6-2-3-7-14)24-19(26)17(23-20(24)27)10-13-11-21-16-9-5-4-8-15(13)16/h4-5,8-9,11-12,14,17,21H,2-3,6-7,10H2,1H3,(H,22,25)(H,23,27)/t12-,17+/m1/s1. The summed E-state index contributed by atoms with van der Waals surface area (Å²) in [5, 5.41) is 6.73. The number of imide groups is 1. The lowest BCUT2D eigenvalue weighted by Gasteiger charge is -2.23. The number of hydrogen-bond acceptors (Lipinski definition) is 3. The van der Waals surface area contributed by atoms with E-state index in [0.717, 1.165) is 47.0 Å². The number of H-pyrrole nitrogens is 1. The molecule has 4 rings (SSSR count). The second-order valence-electron chi connectivity index (χ2n) is 7.44. The lowest BCUT2D eigenvalue weighted by Crippen LogP contribution is -2.50. The van der Waals surface area contributed by atoms with Crippen LogP contribution in [0.15, 0.2) is 30.5 Å². The second kappa shape index (κ2) is 7.06. The highest BCUT2D eigenvalue weighted by Gasteiger charge is 2.43. The van der Waals surface area contributed by atoms with Crippen molar-refractivity contribution in [3.05, 3.63) is 36.0 Å². The molecule has 1 aromatic carbocycles. The summed E-state index contributed by atoms with van der Waals surface area (Å²) in [7, 11) is 0. The predicted octanol–water partition coefficient (Wildman–Crippen LogP) is 2.08. The molecule has 2 aromatic rings. The summed E-state index contributed by atoms with van der Waals surface area (Å²) in [5.74, 6) is -0.613. The number of benzene rings is 1. The van der Waals surface area contributed by atoms with E-state index in [0.29, 0.717) is 6.42 Å². The first-order valence-corrected chi connectivity index (χ1v) is 9.53. The average Bonchev–Trinajstić information content (AvgIpc) is 3.36. The minimum atomic E-state index is -0.814. The number of aromatic nitrogens is 1. The zero-order valence-electron chi connectivity index (χ0n) is 15.3. The number of amides is 4. The smallest absolute Gasteiger partial charge is 0.325 e. The highest BCUT2D eigenvalue weighted by Crippen LogP contribution is 2.22. The molecule has 1 aliphatic carbocycles. The van der Waals surface area contributed by atoms with E-state index in [1.165, 1.54) is 0 Å². The Bertz CT molecular complexity index is 884. The Labute approximate surface area is 157 Å². The normalized spacial score (nSPS) is 21.7. The summed E-state index contributed by atoms with van der Waals surface area (Å²) >= 11 is 0. The van der Waals surface area contributed by atoms with Gasteiger partial charge >= 0.3 is 6.03 Å². The number of aromatic amines is 1. The van der Waals surface area contributed by atoms with Gasteiger partial charge in [0.15, 0.2) is 0 Å². The van der Waals surface area contributed by atoms with Crippen molar-refractivity contribution in [1.29, 1.82) is 0 Å². The van der Waals surface area contributed by atoms with Gasteiger partial charge in [-0.15, -0.1) is 0 Å². The maximum absolute atomic E-state index is 12.8. The predicted molar refractivity (Wildman–Crippen MR) is 101 cm³/mol. The van der Waals surface area contributed by atoms with E-state index in [4.69, 9.17) is 0 Å². The largest absolute Gasteiger partial charge is 0.361 e. The Balaban J connectivity index is 1.45.